The Morgan fingerprint density at radius 1 is 1.00 bits per heavy atom. The molecule has 1 heterocycles. The molecule has 0 bridgehead atoms. The van der Waals surface area contributed by atoms with Gasteiger partial charge in [0.15, 0.2) is 0 Å². The van der Waals surface area contributed by atoms with Gasteiger partial charge in [0, 0.05) is 19.0 Å². The summed E-state index contributed by atoms with van der Waals surface area (Å²) < 4.78 is 27.2. The zero-order chi connectivity index (χ0) is 19.2. The van der Waals surface area contributed by atoms with Gasteiger partial charge in [0.25, 0.3) is 10.0 Å². The van der Waals surface area contributed by atoms with E-state index in [1.165, 1.54) is 4.31 Å². The molecule has 0 N–H and O–H groups in total. The number of carbonyl (C=O) groups excluding carboxylic acids is 1. The fourth-order valence-electron chi connectivity index (χ4n) is 3.43. The lowest BCUT2D eigenvalue weighted by Crippen LogP contribution is -2.39. The number of likely N-dealkylation sites (N-methyl/N-ethyl adjacent to an activating group) is 1. The molecule has 6 heteroatoms. The van der Waals surface area contributed by atoms with Crippen LogP contribution >= 0.6 is 0 Å². The van der Waals surface area contributed by atoms with Gasteiger partial charge in [-0.1, -0.05) is 54.1 Å². The van der Waals surface area contributed by atoms with Gasteiger partial charge < -0.3 is 4.90 Å². The minimum atomic E-state index is -3.72. The molecule has 1 amide bonds. The first-order valence-corrected chi connectivity index (χ1v) is 10.2. The Balaban J connectivity index is 1.60. The van der Waals surface area contributed by atoms with Crippen LogP contribution in [0.4, 0.5) is 5.69 Å². The fourth-order valence-corrected chi connectivity index (χ4v) is 5.09. The highest BCUT2D eigenvalue weighted by Crippen LogP contribution is 2.41. The summed E-state index contributed by atoms with van der Waals surface area (Å²) in [6.45, 7) is 2.23. The van der Waals surface area contributed by atoms with Crippen LogP contribution in [0.25, 0.3) is 10.8 Å². The molecule has 3 aromatic rings. The highest BCUT2D eigenvalue weighted by Gasteiger charge is 2.37. The first-order valence-electron chi connectivity index (χ1n) is 8.72. The fraction of sp³-hybridized carbons (Fsp3) is 0.190. The van der Waals surface area contributed by atoms with Crippen LogP contribution in [0.15, 0.2) is 65.6 Å². The summed E-state index contributed by atoms with van der Waals surface area (Å²) in [5.74, 6) is -0.246. The van der Waals surface area contributed by atoms with Crippen LogP contribution in [0.3, 0.4) is 0 Å². The monoisotopic (exact) mass is 380 g/mol. The van der Waals surface area contributed by atoms with Gasteiger partial charge >= 0.3 is 0 Å². The van der Waals surface area contributed by atoms with E-state index in [1.807, 2.05) is 49.4 Å². The molecule has 3 aromatic carbocycles. The SMILES string of the molecule is Cc1ccc(CN(C)C(=O)CN2c3cccc4cccc(c34)S2(=O)=O)cc1. The van der Waals surface area contributed by atoms with Crippen LogP contribution in [-0.2, 0) is 21.4 Å². The molecule has 0 spiro atoms. The van der Waals surface area contributed by atoms with Crippen LogP contribution in [-0.4, -0.2) is 32.8 Å². The molecular weight excluding hydrogens is 360 g/mol. The molecule has 0 saturated heterocycles. The van der Waals surface area contributed by atoms with Crippen molar-refractivity contribution in [1.29, 1.82) is 0 Å². The molecule has 0 aromatic heterocycles. The average Bonchev–Trinajstić information content (AvgIpc) is 2.87. The number of amides is 1. The second kappa shape index (κ2) is 6.39. The number of carbonyl (C=O) groups is 1. The smallest absolute Gasteiger partial charge is 0.265 e. The second-order valence-electron chi connectivity index (χ2n) is 6.88. The van der Waals surface area contributed by atoms with E-state index in [1.54, 1.807) is 30.1 Å². The minimum Gasteiger partial charge on any atom is -0.340 e. The Morgan fingerprint density at radius 3 is 2.37 bits per heavy atom. The summed E-state index contributed by atoms with van der Waals surface area (Å²) in [4.78, 5) is 14.6. The van der Waals surface area contributed by atoms with Crippen molar-refractivity contribution in [2.45, 2.75) is 18.4 Å². The molecule has 0 radical (unpaired) electrons. The maximum atomic E-state index is 13.0. The Hall–Kier alpha value is -2.86. The van der Waals surface area contributed by atoms with Crippen LogP contribution in [0.5, 0.6) is 0 Å². The Bertz CT molecular complexity index is 1130. The third-order valence-corrected chi connectivity index (χ3v) is 6.73. The number of anilines is 1. The maximum absolute atomic E-state index is 13.0. The van der Waals surface area contributed by atoms with E-state index in [0.717, 1.165) is 16.5 Å². The molecule has 0 atom stereocenters. The van der Waals surface area contributed by atoms with E-state index in [4.69, 9.17) is 0 Å². The van der Waals surface area contributed by atoms with E-state index in [9.17, 15) is 13.2 Å². The van der Waals surface area contributed by atoms with Crippen LogP contribution in [0.2, 0.25) is 0 Å². The Kier molecular flexibility index (Phi) is 4.15. The van der Waals surface area contributed by atoms with Gasteiger partial charge in [-0.3, -0.25) is 9.10 Å². The normalized spacial score (nSPS) is 14.5. The lowest BCUT2D eigenvalue weighted by Gasteiger charge is -2.23. The molecule has 27 heavy (non-hydrogen) atoms. The van der Waals surface area contributed by atoms with Crippen molar-refractivity contribution in [3.63, 3.8) is 0 Å². The molecule has 0 fully saturated rings. The number of aryl methyl sites for hydroxylation is 1. The number of nitrogens with zero attached hydrogens (tertiary/aromatic N) is 2. The Morgan fingerprint density at radius 2 is 1.67 bits per heavy atom. The predicted octanol–water partition coefficient (Wildman–Crippen LogP) is 3.32. The predicted molar refractivity (Wildman–Crippen MR) is 106 cm³/mol. The van der Waals surface area contributed by atoms with Gasteiger partial charge in [-0.2, -0.15) is 0 Å². The molecule has 1 aliphatic rings. The summed E-state index contributed by atoms with van der Waals surface area (Å²) in [7, 11) is -2.03. The zero-order valence-corrected chi connectivity index (χ0v) is 16.0. The lowest BCUT2D eigenvalue weighted by molar-refractivity contribution is -0.128. The van der Waals surface area contributed by atoms with Crippen molar-refractivity contribution in [3.8, 4) is 0 Å². The molecule has 138 valence electrons. The number of rotatable bonds is 4. The van der Waals surface area contributed by atoms with E-state index < -0.39 is 10.0 Å². The Labute approximate surface area is 158 Å². The average molecular weight is 380 g/mol. The van der Waals surface area contributed by atoms with Crippen LogP contribution in [0, 0.1) is 6.92 Å². The van der Waals surface area contributed by atoms with Gasteiger partial charge in [-0.15, -0.1) is 0 Å². The van der Waals surface area contributed by atoms with Gasteiger partial charge in [-0.25, -0.2) is 8.42 Å². The van der Waals surface area contributed by atoms with Crippen molar-refractivity contribution in [3.05, 3.63) is 71.8 Å². The summed E-state index contributed by atoms with van der Waals surface area (Å²) in [6.07, 6.45) is 0. The largest absolute Gasteiger partial charge is 0.340 e. The van der Waals surface area contributed by atoms with E-state index >= 15 is 0 Å². The summed E-state index contributed by atoms with van der Waals surface area (Å²) >= 11 is 0. The number of hydrogen-bond donors (Lipinski definition) is 0. The molecule has 1 aliphatic heterocycles. The van der Waals surface area contributed by atoms with Gasteiger partial charge in [0.2, 0.25) is 5.91 Å². The first-order chi connectivity index (χ1) is 12.9. The minimum absolute atomic E-state index is 0.210. The van der Waals surface area contributed by atoms with E-state index in [2.05, 4.69) is 0 Å². The summed E-state index contributed by atoms with van der Waals surface area (Å²) in [6, 6.07) is 18.6. The molecule has 0 unspecified atom stereocenters. The van der Waals surface area contributed by atoms with E-state index in [0.29, 0.717) is 17.6 Å². The molecular formula is C21H20N2O3S. The van der Waals surface area contributed by atoms with E-state index in [-0.39, 0.29) is 17.3 Å². The van der Waals surface area contributed by atoms with Gasteiger partial charge in [0.05, 0.1) is 10.6 Å². The quantitative estimate of drug-likeness (QED) is 0.698. The zero-order valence-electron chi connectivity index (χ0n) is 15.2. The molecule has 4 rings (SSSR count). The van der Waals surface area contributed by atoms with Gasteiger partial charge in [-0.05, 0) is 30.0 Å². The third-order valence-electron chi connectivity index (χ3n) is 4.93. The molecule has 5 nitrogen and oxygen atoms in total. The number of sulfonamides is 1. The van der Waals surface area contributed by atoms with Crippen molar-refractivity contribution in [2.24, 2.45) is 0 Å². The first kappa shape index (κ1) is 17.5. The van der Waals surface area contributed by atoms with Crippen molar-refractivity contribution >= 4 is 32.4 Å². The number of hydrogen-bond acceptors (Lipinski definition) is 3. The summed E-state index contributed by atoms with van der Waals surface area (Å²) in [5.41, 5.74) is 2.73. The third kappa shape index (κ3) is 2.96. The maximum Gasteiger partial charge on any atom is 0.265 e. The topological polar surface area (TPSA) is 57.7 Å². The standard InChI is InChI=1S/C21H20N2O3S/c1-15-9-11-16(12-10-15)13-22(2)20(24)14-23-18-7-3-5-17-6-4-8-19(21(17)18)27(23,25)26/h3-12H,13-14H2,1-2H3. The molecule has 0 aliphatic carbocycles. The van der Waals surface area contributed by atoms with Crippen LogP contribution < -0.4 is 4.31 Å². The highest BCUT2D eigenvalue weighted by atomic mass is 32.2. The number of benzene rings is 3. The van der Waals surface area contributed by atoms with Crippen LogP contribution in [0.1, 0.15) is 11.1 Å². The van der Waals surface area contributed by atoms with Crippen molar-refractivity contribution in [2.75, 3.05) is 17.9 Å². The highest BCUT2D eigenvalue weighted by molar-refractivity contribution is 7.93. The second-order valence-corrected chi connectivity index (χ2v) is 8.71. The van der Waals surface area contributed by atoms with Crippen molar-refractivity contribution < 1.29 is 13.2 Å². The van der Waals surface area contributed by atoms with Gasteiger partial charge in [0.1, 0.15) is 6.54 Å². The molecule has 0 saturated carbocycles. The van der Waals surface area contributed by atoms with Crippen molar-refractivity contribution in [1.82, 2.24) is 4.90 Å². The summed E-state index contributed by atoms with van der Waals surface area (Å²) in [5, 5.41) is 1.55. The lowest BCUT2D eigenvalue weighted by atomic mass is 10.1.